The molecule has 0 aliphatic carbocycles. The highest BCUT2D eigenvalue weighted by Crippen LogP contribution is 2.33. The lowest BCUT2D eigenvalue weighted by atomic mass is 9.89. The molecule has 2 aliphatic rings. The molecule has 1 aromatic carbocycles. The number of benzene rings is 1. The molecule has 3 unspecified atom stereocenters. The monoisotopic (exact) mass is 369 g/mol. The number of piperidine rings is 1. The fourth-order valence-corrected chi connectivity index (χ4v) is 5.71. The molecule has 2 N–H and O–H groups in total. The molecule has 3 rings (SSSR count). The van der Waals surface area contributed by atoms with Crippen molar-refractivity contribution in [1.29, 1.82) is 0 Å². The fourth-order valence-electron chi connectivity index (χ4n) is 3.74. The fraction of sp³-hybridized carbons (Fsp3) is 0.667. The first-order valence-corrected chi connectivity index (χ1v) is 11.7. The molecule has 1 aromatic rings. The van der Waals surface area contributed by atoms with Crippen molar-refractivity contribution in [2.24, 2.45) is 0 Å². The molecule has 2 heterocycles. The van der Waals surface area contributed by atoms with Gasteiger partial charge in [0.25, 0.3) is 0 Å². The minimum absolute atomic E-state index is 0.138. The van der Waals surface area contributed by atoms with E-state index in [4.69, 9.17) is 0 Å². The number of hydrogen-bond acceptors (Lipinski definition) is 5. The zero-order valence-electron chi connectivity index (χ0n) is 14.1. The molecule has 6 heteroatoms. The van der Waals surface area contributed by atoms with Crippen molar-refractivity contribution in [3.8, 4) is 0 Å². The molecule has 2 fully saturated rings. The van der Waals surface area contributed by atoms with E-state index in [2.05, 4.69) is 5.32 Å². The minimum Gasteiger partial charge on any atom is -0.391 e. The van der Waals surface area contributed by atoms with Gasteiger partial charge in [0.05, 0.1) is 11.0 Å². The van der Waals surface area contributed by atoms with Crippen LogP contribution in [-0.2, 0) is 9.84 Å². The lowest BCUT2D eigenvalue weighted by Crippen LogP contribution is -2.45. The van der Waals surface area contributed by atoms with Crippen LogP contribution in [0.2, 0.25) is 0 Å². The van der Waals surface area contributed by atoms with Crippen LogP contribution in [0.3, 0.4) is 0 Å². The van der Waals surface area contributed by atoms with Gasteiger partial charge >= 0.3 is 0 Å². The summed E-state index contributed by atoms with van der Waals surface area (Å²) in [5, 5.41) is 14.8. The van der Waals surface area contributed by atoms with Crippen molar-refractivity contribution >= 4 is 21.6 Å². The van der Waals surface area contributed by atoms with E-state index in [-0.39, 0.29) is 18.2 Å². The minimum atomic E-state index is -3.15. The molecule has 0 aromatic heterocycles. The highest BCUT2D eigenvalue weighted by atomic mass is 32.2. The Labute approximate surface area is 149 Å². The van der Waals surface area contributed by atoms with Crippen LogP contribution in [0.1, 0.15) is 50.1 Å². The number of aliphatic hydroxyl groups is 1. The molecule has 4 atom stereocenters. The summed E-state index contributed by atoms with van der Waals surface area (Å²) < 4.78 is 23.2. The van der Waals surface area contributed by atoms with Crippen LogP contribution < -0.4 is 5.32 Å². The molecule has 2 aliphatic heterocycles. The zero-order valence-corrected chi connectivity index (χ0v) is 15.8. The van der Waals surface area contributed by atoms with Gasteiger partial charge in [-0.1, -0.05) is 12.1 Å². The lowest BCUT2D eigenvalue weighted by molar-refractivity contribution is 0.0928. The van der Waals surface area contributed by atoms with Crippen LogP contribution in [0.4, 0.5) is 0 Å². The number of hydrogen-bond donors (Lipinski definition) is 2. The first-order valence-electron chi connectivity index (χ1n) is 8.79. The van der Waals surface area contributed by atoms with Crippen LogP contribution in [0.15, 0.2) is 29.2 Å². The molecule has 2 saturated heterocycles. The van der Waals surface area contributed by atoms with E-state index >= 15 is 0 Å². The normalized spacial score (nSPS) is 29.5. The summed E-state index contributed by atoms with van der Waals surface area (Å²) >= 11 is 1.99. The zero-order chi connectivity index (χ0) is 17.2. The third kappa shape index (κ3) is 4.54. The number of thioether (sulfide) groups is 1. The van der Waals surface area contributed by atoms with Crippen molar-refractivity contribution < 1.29 is 13.5 Å². The summed E-state index contributed by atoms with van der Waals surface area (Å²) in [4.78, 5) is 0.358. The third-order valence-electron chi connectivity index (χ3n) is 5.13. The predicted octanol–water partition coefficient (Wildman–Crippen LogP) is 2.92. The predicted molar refractivity (Wildman–Crippen MR) is 99.2 cm³/mol. The van der Waals surface area contributed by atoms with Gasteiger partial charge in [-0.3, -0.25) is 0 Å². The Bertz CT molecular complexity index is 639. The Balaban J connectivity index is 1.62. The maximum atomic E-state index is 11.6. The quantitative estimate of drug-likeness (QED) is 0.835. The van der Waals surface area contributed by atoms with Gasteiger partial charge in [-0.05, 0) is 62.0 Å². The van der Waals surface area contributed by atoms with Crippen molar-refractivity contribution in [1.82, 2.24) is 5.32 Å². The Morgan fingerprint density at radius 3 is 2.58 bits per heavy atom. The van der Waals surface area contributed by atoms with E-state index in [9.17, 15) is 13.5 Å². The number of aliphatic hydroxyl groups excluding tert-OH is 1. The van der Waals surface area contributed by atoms with Crippen LogP contribution in [0.25, 0.3) is 0 Å². The van der Waals surface area contributed by atoms with Gasteiger partial charge in [-0.25, -0.2) is 8.42 Å². The lowest BCUT2D eigenvalue weighted by Gasteiger charge is -2.35. The van der Waals surface area contributed by atoms with Gasteiger partial charge < -0.3 is 10.4 Å². The van der Waals surface area contributed by atoms with Gasteiger partial charge in [0.2, 0.25) is 0 Å². The van der Waals surface area contributed by atoms with Crippen molar-refractivity contribution in [2.45, 2.75) is 66.9 Å². The maximum absolute atomic E-state index is 11.6. The second-order valence-corrected chi connectivity index (χ2v) is 10.5. The summed E-state index contributed by atoms with van der Waals surface area (Å²) in [5.74, 6) is 1.23. The van der Waals surface area contributed by atoms with Crippen LogP contribution >= 0.6 is 11.8 Å². The average molecular weight is 370 g/mol. The van der Waals surface area contributed by atoms with Crippen LogP contribution in [0, 0.1) is 0 Å². The molecule has 0 saturated carbocycles. The van der Waals surface area contributed by atoms with E-state index in [0.717, 1.165) is 31.2 Å². The second kappa shape index (κ2) is 7.77. The van der Waals surface area contributed by atoms with Gasteiger partial charge in [-0.15, -0.1) is 0 Å². The highest BCUT2D eigenvalue weighted by Gasteiger charge is 2.30. The molecular formula is C18H27NO3S2. The topological polar surface area (TPSA) is 66.4 Å². The Kier molecular flexibility index (Phi) is 5.90. The van der Waals surface area contributed by atoms with E-state index in [1.54, 1.807) is 12.1 Å². The smallest absolute Gasteiger partial charge is 0.175 e. The molecular weight excluding hydrogens is 342 g/mol. The van der Waals surface area contributed by atoms with Crippen molar-refractivity contribution in [2.75, 3.05) is 12.0 Å². The third-order valence-corrected chi connectivity index (χ3v) is 7.68. The Hall–Kier alpha value is -0.560. The summed E-state index contributed by atoms with van der Waals surface area (Å²) in [7, 11) is -3.15. The molecule has 0 bridgehead atoms. The van der Waals surface area contributed by atoms with E-state index in [1.807, 2.05) is 23.9 Å². The number of rotatable bonds is 5. The summed E-state index contributed by atoms with van der Waals surface area (Å²) in [6.45, 7) is 0. The summed E-state index contributed by atoms with van der Waals surface area (Å²) in [6, 6.07) is 7.50. The largest absolute Gasteiger partial charge is 0.391 e. The Morgan fingerprint density at radius 2 is 1.96 bits per heavy atom. The van der Waals surface area contributed by atoms with Gasteiger partial charge in [0.15, 0.2) is 9.84 Å². The van der Waals surface area contributed by atoms with E-state index in [1.165, 1.54) is 24.9 Å². The highest BCUT2D eigenvalue weighted by molar-refractivity contribution is 8.00. The average Bonchev–Trinajstić information content (AvgIpc) is 3.07. The molecule has 24 heavy (non-hydrogen) atoms. The molecule has 4 nitrogen and oxygen atoms in total. The number of sulfone groups is 1. The molecule has 0 radical (unpaired) electrons. The number of nitrogens with one attached hydrogen (secondary N) is 1. The maximum Gasteiger partial charge on any atom is 0.175 e. The summed E-state index contributed by atoms with van der Waals surface area (Å²) in [6.07, 6.45) is 7.44. The van der Waals surface area contributed by atoms with Crippen LogP contribution in [0.5, 0.6) is 0 Å². The first-order chi connectivity index (χ1) is 11.4. The Morgan fingerprint density at radius 1 is 1.21 bits per heavy atom. The van der Waals surface area contributed by atoms with Gasteiger partial charge in [0.1, 0.15) is 0 Å². The summed E-state index contributed by atoms with van der Waals surface area (Å²) in [5.41, 5.74) is 1.11. The first kappa shape index (κ1) is 18.2. The second-order valence-electron chi connectivity index (χ2n) is 7.04. The molecule has 134 valence electrons. The standard InChI is InChI=1S/C18H27NO3S2/c1-24(21,22)15-9-7-13(8-10-15)16-5-2-6-17(19-16)18(20)12-14-4-3-11-23-14/h7-10,14,16-20H,2-6,11-12H2,1H3/t14?,16?,17?,18-/m1/s1. The van der Waals surface area contributed by atoms with Crippen LogP contribution in [-0.4, -0.2) is 42.9 Å². The molecule has 0 amide bonds. The van der Waals surface area contributed by atoms with Crippen molar-refractivity contribution in [3.63, 3.8) is 0 Å². The molecule has 0 spiro atoms. The van der Waals surface area contributed by atoms with Crippen molar-refractivity contribution in [3.05, 3.63) is 29.8 Å². The van der Waals surface area contributed by atoms with E-state index < -0.39 is 9.84 Å². The SMILES string of the molecule is CS(=O)(=O)c1ccc(C2CCCC([C@H](O)CC3CCCS3)N2)cc1. The van der Waals surface area contributed by atoms with Gasteiger partial charge in [-0.2, -0.15) is 11.8 Å². The van der Waals surface area contributed by atoms with Gasteiger partial charge in [0, 0.05) is 23.6 Å². The van der Waals surface area contributed by atoms with E-state index in [0.29, 0.717) is 10.1 Å².